The minimum absolute atomic E-state index is 0.0493. The highest BCUT2D eigenvalue weighted by molar-refractivity contribution is 7.85. The van der Waals surface area contributed by atoms with Crippen molar-refractivity contribution in [2.75, 3.05) is 12.3 Å². The Morgan fingerprint density at radius 2 is 1.32 bits per heavy atom. The van der Waals surface area contributed by atoms with Crippen molar-refractivity contribution >= 4 is 22.0 Å². The van der Waals surface area contributed by atoms with Gasteiger partial charge in [-0.2, -0.15) is 8.42 Å². The van der Waals surface area contributed by atoms with Gasteiger partial charge in [-0.1, -0.05) is 101 Å². The first-order chi connectivity index (χ1) is 26.9. The molecule has 4 saturated carbocycles. The molecule has 9 atom stereocenters. The third-order valence-electron chi connectivity index (χ3n) is 14.3. The van der Waals surface area contributed by atoms with Crippen molar-refractivity contribution < 1.29 is 27.3 Å². The molecule has 0 aliphatic heterocycles. The summed E-state index contributed by atoms with van der Waals surface area (Å²) in [4.78, 5) is 25.2. The molecule has 4 aliphatic carbocycles. The number of esters is 1. The fourth-order valence-corrected chi connectivity index (χ4v) is 11.7. The zero-order valence-electron chi connectivity index (χ0n) is 35.2. The third kappa shape index (κ3) is 14.0. The van der Waals surface area contributed by atoms with Crippen molar-refractivity contribution in [1.29, 1.82) is 0 Å². The molecule has 0 aromatic carbocycles. The van der Waals surface area contributed by atoms with Crippen LogP contribution in [0.15, 0.2) is 72.9 Å². The Labute approximate surface area is 340 Å². The number of amides is 1. The summed E-state index contributed by atoms with van der Waals surface area (Å²) in [6.45, 7) is 9.52. The Kier molecular flexibility index (Phi) is 18.9. The van der Waals surface area contributed by atoms with E-state index in [9.17, 15) is 18.0 Å². The monoisotopic (exact) mass is 794 g/mol. The molecule has 0 saturated heterocycles. The molecule has 8 heteroatoms. The quantitative estimate of drug-likeness (QED) is 0.0642. The van der Waals surface area contributed by atoms with E-state index in [0.717, 1.165) is 88.4 Å². The van der Waals surface area contributed by atoms with Crippen molar-refractivity contribution in [3.8, 4) is 0 Å². The standard InChI is InChI=1S/C48H75NO6S/c1-5-6-7-8-9-10-11-12-13-14-15-16-17-18-19-20-21-22-23-24-46(51)55-40-31-33-47(3)39(37-40)26-27-41-43-29-28-42(48(43,4)34-32-44(41)47)38(2)25-30-45(50)49-35-36-56(52,53)54/h6-7,9-10,12-13,15-16,18-19,21-22,38-44H,5,8,11,14,17,20,23-37H2,1-4H3,(H,49,50)(H,52,53,54)/b7-6-,10-9-,13-12-,16-15-,19-18-,22-21-. The van der Waals surface area contributed by atoms with Crippen molar-refractivity contribution in [3.63, 3.8) is 0 Å². The van der Waals surface area contributed by atoms with Gasteiger partial charge in [-0.05, 0) is 155 Å². The van der Waals surface area contributed by atoms with Gasteiger partial charge < -0.3 is 10.1 Å². The lowest BCUT2D eigenvalue weighted by molar-refractivity contribution is -0.162. The Bertz CT molecular complexity index is 1520. The Hall–Kier alpha value is -2.71. The molecule has 0 aromatic rings. The second-order valence-electron chi connectivity index (χ2n) is 17.9. The molecule has 4 fully saturated rings. The molecule has 9 unspecified atom stereocenters. The minimum atomic E-state index is -4.07. The van der Waals surface area contributed by atoms with Gasteiger partial charge in [-0.15, -0.1) is 0 Å². The summed E-state index contributed by atoms with van der Waals surface area (Å²) in [7, 11) is -4.07. The maximum Gasteiger partial charge on any atom is 0.306 e. The van der Waals surface area contributed by atoms with Gasteiger partial charge in [-0.3, -0.25) is 14.1 Å². The van der Waals surface area contributed by atoms with Crippen LogP contribution in [0, 0.1) is 46.3 Å². The van der Waals surface area contributed by atoms with E-state index in [0.29, 0.717) is 41.4 Å². The van der Waals surface area contributed by atoms with Crippen LogP contribution in [0.5, 0.6) is 0 Å². The lowest BCUT2D eigenvalue weighted by Crippen LogP contribution is -2.54. The fourth-order valence-electron chi connectivity index (χ4n) is 11.4. The van der Waals surface area contributed by atoms with E-state index in [1.54, 1.807) is 0 Å². The molecular weight excluding hydrogens is 719 g/mol. The third-order valence-corrected chi connectivity index (χ3v) is 15.0. The molecule has 0 spiro atoms. The van der Waals surface area contributed by atoms with Gasteiger partial charge in [0.05, 0.1) is 5.75 Å². The van der Waals surface area contributed by atoms with Crippen LogP contribution in [-0.4, -0.2) is 43.2 Å². The normalized spacial score (nSPS) is 31.4. The molecule has 314 valence electrons. The maximum atomic E-state index is 12.8. The van der Waals surface area contributed by atoms with Gasteiger partial charge in [-0.25, -0.2) is 0 Å². The van der Waals surface area contributed by atoms with Crippen LogP contribution in [0.4, 0.5) is 0 Å². The number of carbonyl (C=O) groups is 2. The molecule has 4 aliphatic rings. The van der Waals surface area contributed by atoms with Gasteiger partial charge in [0.1, 0.15) is 6.10 Å². The van der Waals surface area contributed by atoms with Crippen LogP contribution >= 0.6 is 0 Å². The number of allylic oxidation sites excluding steroid dienone is 12. The summed E-state index contributed by atoms with van der Waals surface area (Å²) in [5.74, 6) is 3.26. The molecule has 56 heavy (non-hydrogen) atoms. The van der Waals surface area contributed by atoms with Gasteiger partial charge in [0.25, 0.3) is 10.1 Å². The van der Waals surface area contributed by atoms with Crippen molar-refractivity contribution in [1.82, 2.24) is 5.32 Å². The van der Waals surface area contributed by atoms with Gasteiger partial charge in [0, 0.05) is 19.4 Å². The van der Waals surface area contributed by atoms with E-state index in [-0.39, 0.29) is 24.5 Å². The molecule has 0 radical (unpaired) electrons. The van der Waals surface area contributed by atoms with Gasteiger partial charge >= 0.3 is 5.97 Å². The topological polar surface area (TPSA) is 110 Å². The predicted octanol–water partition coefficient (Wildman–Crippen LogP) is 11.5. The number of nitrogens with one attached hydrogen (secondary N) is 1. The highest BCUT2D eigenvalue weighted by Crippen LogP contribution is 2.68. The van der Waals surface area contributed by atoms with Crippen LogP contribution in [0.1, 0.15) is 150 Å². The fraction of sp³-hybridized carbons (Fsp3) is 0.708. The summed E-state index contributed by atoms with van der Waals surface area (Å²) < 4.78 is 37.0. The van der Waals surface area contributed by atoms with Crippen LogP contribution in [0.3, 0.4) is 0 Å². The van der Waals surface area contributed by atoms with Crippen molar-refractivity contribution in [2.24, 2.45) is 46.3 Å². The average molecular weight is 794 g/mol. The number of ether oxygens (including phenoxy) is 1. The summed E-state index contributed by atoms with van der Waals surface area (Å²) >= 11 is 0. The zero-order valence-corrected chi connectivity index (χ0v) is 36.0. The molecule has 4 rings (SSSR count). The van der Waals surface area contributed by atoms with Crippen LogP contribution in [0.2, 0.25) is 0 Å². The van der Waals surface area contributed by atoms with E-state index in [1.165, 1.54) is 38.5 Å². The van der Waals surface area contributed by atoms with E-state index in [2.05, 4.69) is 106 Å². The molecule has 0 bridgehead atoms. The van der Waals surface area contributed by atoms with Gasteiger partial charge in [0.15, 0.2) is 0 Å². The predicted molar refractivity (Wildman–Crippen MR) is 230 cm³/mol. The number of carbonyl (C=O) groups excluding carboxylic acids is 2. The molecule has 0 heterocycles. The first-order valence-corrected chi connectivity index (χ1v) is 23.8. The molecule has 1 amide bonds. The second-order valence-corrected chi connectivity index (χ2v) is 19.4. The highest BCUT2D eigenvalue weighted by atomic mass is 32.2. The number of rotatable bonds is 22. The first kappa shape index (κ1) is 46.0. The first-order valence-electron chi connectivity index (χ1n) is 22.2. The lowest BCUT2D eigenvalue weighted by Gasteiger charge is -2.61. The smallest absolute Gasteiger partial charge is 0.306 e. The largest absolute Gasteiger partial charge is 0.462 e. The summed E-state index contributed by atoms with van der Waals surface area (Å²) in [5, 5.41) is 2.65. The van der Waals surface area contributed by atoms with Gasteiger partial charge in [0.2, 0.25) is 5.91 Å². The summed E-state index contributed by atoms with van der Waals surface area (Å²) in [5.41, 5.74) is 0.629. The van der Waals surface area contributed by atoms with Crippen molar-refractivity contribution in [3.05, 3.63) is 72.9 Å². The van der Waals surface area contributed by atoms with E-state index in [1.807, 2.05) is 0 Å². The minimum Gasteiger partial charge on any atom is -0.462 e. The van der Waals surface area contributed by atoms with E-state index < -0.39 is 15.9 Å². The van der Waals surface area contributed by atoms with Crippen LogP contribution < -0.4 is 5.32 Å². The molecular formula is C48H75NO6S. The Morgan fingerprint density at radius 3 is 1.93 bits per heavy atom. The summed E-state index contributed by atoms with van der Waals surface area (Å²) in [6, 6.07) is 0. The number of fused-ring (bicyclic) bond motifs is 5. The Balaban J connectivity index is 1.11. The SMILES string of the molecule is CC/C=C\C/C=C\C/C=C\C/C=C\C/C=C\C/C=C\CCC(=O)OC1CCC2(C)C(CCC3C2CCC2(C)C(C(C)CCC(=O)NCCS(=O)(=O)O)CCC32)C1. The van der Waals surface area contributed by atoms with E-state index in [4.69, 9.17) is 9.29 Å². The Morgan fingerprint density at radius 1 is 0.750 bits per heavy atom. The molecule has 0 aromatic heterocycles. The maximum absolute atomic E-state index is 12.8. The second kappa shape index (κ2) is 23.0. The summed E-state index contributed by atoms with van der Waals surface area (Å²) in [6.07, 6.45) is 45.4. The van der Waals surface area contributed by atoms with Crippen LogP contribution in [0.25, 0.3) is 0 Å². The molecule has 2 N–H and O–H groups in total. The van der Waals surface area contributed by atoms with Crippen molar-refractivity contribution in [2.45, 2.75) is 156 Å². The van der Waals surface area contributed by atoms with E-state index >= 15 is 0 Å². The number of hydrogen-bond donors (Lipinski definition) is 2. The zero-order chi connectivity index (χ0) is 40.4. The number of hydrogen-bond acceptors (Lipinski definition) is 5. The lowest BCUT2D eigenvalue weighted by atomic mass is 9.44. The molecule has 7 nitrogen and oxygen atoms in total. The average Bonchev–Trinajstić information content (AvgIpc) is 3.51. The van der Waals surface area contributed by atoms with Crippen LogP contribution in [-0.2, 0) is 24.4 Å². The highest BCUT2D eigenvalue weighted by Gasteiger charge is 2.60.